The molecule has 0 bridgehead atoms. The van der Waals surface area contributed by atoms with Gasteiger partial charge in [-0.25, -0.2) is 9.97 Å². The second kappa shape index (κ2) is 14.9. The molecule has 4 aromatic rings. The highest BCUT2D eigenvalue weighted by molar-refractivity contribution is 6.30. The zero-order valence-electron chi connectivity index (χ0n) is 23.7. The fraction of sp³-hybridized carbons (Fsp3) is 0.394. The summed E-state index contributed by atoms with van der Waals surface area (Å²) in [5.74, 6) is 1.76. The van der Waals surface area contributed by atoms with Crippen LogP contribution in [0.1, 0.15) is 49.2 Å². The molecule has 0 unspecified atom stereocenters. The zero-order chi connectivity index (χ0) is 28.4. The first-order chi connectivity index (χ1) is 20.1. The Balaban J connectivity index is 1.24. The predicted molar refractivity (Wildman–Crippen MR) is 170 cm³/mol. The molecule has 0 radical (unpaired) electrons. The molecule has 1 N–H and O–H groups in total. The maximum atomic E-state index is 6.21. The van der Waals surface area contributed by atoms with Gasteiger partial charge >= 0.3 is 0 Å². The number of unbranched alkanes of at least 4 members (excludes halogenated alkanes) is 1. The Morgan fingerprint density at radius 1 is 0.805 bits per heavy atom. The van der Waals surface area contributed by atoms with Crippen LogP contribution in [0.2, 0.25) is 10.0 Å². The molecule has 8 heteroatoms. The third-order valence-corrected chi connectivity index (χ3v) is 8.06. The van der Waals surface area contributed by atoms with Crippen molar-refractivity contribution >= 4 is 39.9 Å². The van der Waals surface area contributed by atoms with Crippen LogP contribution in [0.5, 0.6) is 0 Å². The molecule has 1 fully saturated rings. The summed E-state index contributed by atoms with van der Waals surface area (Å²) in [6.45, 7) is 9.08. The van der Waals surface area contributed by atoms with Gasteiger partial charge in [-0.15, -0.1) is 0 Å². The van der Waals surface area contributed by atoms with Gasteiger partial charge in [-0.1, -0.05) is 72.9 Å². The van der Waals surface area contributed by atoms with Gasteiger partial charge in [0.25, 0.3) is 0 Å². The van der Waals surface area contributed by atoms with Crippen LogP contribution in [0.3, 0.4) is 0 Å². The summed E-state index contributed by atoms with van der Waals surface area (Å²) in [5, 5.41) is 6.10. The van der Waals surface area contributed by atoms with E-state index >= 15 is 0 Å². The molecule has 3 aromatic carbocycles. The second-order valence-corrected chi connectivity index (χ2v) is 11.4. The first kappa shape index (κ1) is 29.7. The van der Waals surface area contributed by atoms with Crippen LogP contribution in [0.4, 0.5) is 5.82 Å². The number of fused-ring (bicyclic) bond motifs is 1. The molecule has 5 rings (SSSR count). The molecule has 1 aliphatic rings. The average molecular weight is 593 g/mol. The fourth-order valence-corrected chi connectivity index (χ4v) is 5.60. The number of benzene rings is 3. The Morgan fingerprint density at radius 2 is 1.44 bits per heavy atom. The minimum atomic E-state index is 0.144. The number of halogens is 2. The van der Waals surface area contributed by atoms with E-state index in [0.717, 1.165) is 104 Å². The van der Waals surface area contributed by atoms with Gasteiger partial charge in [0.15, 0.2) is 0 Å². The topological polar surface area (TPSA) is 53.5 Å². The molecule has 0 aliphatic carbocycles. The van der Waals surface area contributed by atoms with E-state index < -0.39 is 0 Å². The first-order valence-corrected chi connectivity index (χ1v) is 15.4. The van der Waals surface area contributed by atoms with E-state index in [1.54, 1.807) is 0 Å². The minimum absolute atomic E-state index is 0.144. The van der Waals surface area contributed by atoms with E-state index in [2.05, 4.69) is 58.4 Å². The molecular formula is C33H39Cl2N5O. The van der Waals surface area contributed by atoms with Gasteiger partial charge in [-0.2, -0.15) is 0 Å². The summed E-state index contributed by atoms with van der Waals surface area (Å²) in [4.78, 5) is 14.9. The molecule has 6 nitrogen and oxygen atoms in total. The average Bonchev–Trinajstić information content (AvgIpc) is 2.99. The van der Waals surface area contributed by atoms with Crippen molar-refractivity contribution in [3.63, 3.8) is 0 Å². The fourth-order valence-electron chi connectivity index (χ4n) is 5.34. The lowest BCUT2D eigenvalue weighted by Gasteiger charge is -2.39. The predicted octanol–water partition coefficient (Wildman–Crippen LogP) is 7.46. The molecule has 2 heterocycles. The van der Waals surface area contributed by atoms with E-state index in [9.17, 15) is 0 Å². The highest BCUT2D eigenvalue weighted by atomic mass is 35.5. The molecule has 1 aliphatic heterocycles. The van der Waals surface area contributed by atoms with Crippen LogP contribution in [-0.4, -0.2) is 65.7 Å². The normalized spacial score (nSPS) is 14.6. The number of piperazine rings is 1. The van der Waals surface area contributed by atoms with Crippen molar-refractivity contribution < 1.29 is 4.74 Å². The maximum absolute atomic E-state index is 6.21. The molecule has 1 saturated heterocycles. The molecule has 216 valence electrons. The zero-order valence-corrected chi connectivity index (χ0v) is 25.2. The second-order valence-electron chi connectivity index (χ2n) is 10.6. The van der Waals surface area contributed by atoms with Crippen molar-refractivity contribution in [2.45, 2.75) is 38.8 Å². The van der Waals surface area contributed by atoms with Crippen LogP contribution in [-0.2, 0) is 11.3 Å². The van der Waals surface area contributed by atoms with Crippen molar-refractivity contribution in [1.29, 1.82) is 0 Å². The van der Waals surface area contributed by atoms with Gasteiger partial charge in [0.1, 0.15) is 11.6 Å². The molecular weight excluding hydrogens is 553 g/mol. The summed E-state index contributed by atoms with van der Waals surface area (Å²) in [6.07, 6.45) is 3.22. The summed E-state index contributed by atoms with van der Waals surface area (Å²) >= 11 is 12.4. The Kier molecular flexibility index (Phi) is 10.8. The Hall–Kier alpha value is -2.74. The molecule has 41 heavy (non-hydrogen) atoms. The molecule has 1 aromatic heterocycles. The summed E-state index contributed by atoms with van der Waals surface area (Å²) in [5.41, 5.74) is 3.44. The first-order valence-electron chi connectivity index (χ1n) is 14.7. The van der Waals surface area contributed by atoms with Crippen molar-refractivity contribution in [3.05, 3.63) is 99.8 Å². The number of rotatable bonds is 13. The Bertz CT molecular complexity index is 1330. The number of hydrogen-bond donors (Lipinski definition) is 1. The summed E-state index contributed by atoms with van der Waals surface area (Å²) in [7, 11) is 0. The lowest BCUT2D eigenvalue weighted by atomic mass is 9.96. The highest BCUT2D eigenvalue weighted by Crippen LogP contribution is 2.31. The van der Waals surface area contributed by atoms with Crippen LogP contribution >= 0.6 is 23.2 Å². The van der Waals surface area contributed by atoms with Gasteiger partial charge in [0.2, 0.25) is 0 Å². The van der Waals surface area contributed by atoms with E-state index in [1.807, 2.05) is 36.4 Å². The third kappa shape index (κ3) is 8.18. The van der Waals surface area contributed by atoms with Gasteiger partial charge in [-0.05, 0) is 60.4 Å². The van der Waals surface area contributed by atoms with E-state index in [1.165, 1.54) is 11.1 Å². The Morgan fingerprint density at radius 3 is 2.10 bits per heavy atom. The lowest BCUT2D eigenvalue weighted by Crippen LogP contribution is -2.47. The number of aromatic nitrogens is 2. The van der Waals surface area contributed by atoms with Crippen LogP contribution in [0.25, 0.3) is 10.9 Å². The molecule has 0 amide bonds. The van der Waals surface area contributed by atoms with Crippen molar-refractivity contribution in [3.8, 4) is 0 Å². The van der Waals surface area contributed by atoms with E-state index in [0.29, 0.717) is 0 Å². The number of para-hydroxylation sites is 1. The van der Waals surface area contributed by atoms with Crippen LogP contribution in [0.15, 0.2) is 72.8 Å². The van der Waals surface area contributed by atoms with Crippen molar-refractivity contribution in [2.24, 2.45) is 0 Å². The Labute approximate surface area is 253 Å². The van der Waals surface area contributed by atoms with Crippen molar-refractivity contribution in [2.75, 3.05) is 51.3 Å². The molecule has 0 spiro atoms. The quantitative estimate of drug-likeness (QED) is 0.163. The van der Waals surface area contributed by atoms with Crippen LogP contribution in [0, 0.1) is 0 Å². The molecule has 0 atom stereocenters. The summed E-state index contributed by atoms with van der Waals surface area (Å²) < 4.78 is 5.72. The van der Waals surface area contributed by atoms with E-state index in [4.69, 9.17) is 37.9 Å². The maximum Gasteiger partial charge on any atom is 0.145 e. The number of nitrogens with one attached hydrogen (secondary N) is 1. The van der Waals surface area contributed by atoms with Gasteiger partial charge in [-0.3, -0.25) is 9.80 Å². The standard InChI is InChI=1S/C33H39Cl2N5O/c1-2-3-22-41-23-6-17-36-33-29-7-4-5-8-30(29)37-31(38-33)24-39-18-20-40(21-19-39)32(25-9-13-27(34)14-10-25)26-11-15-28(35)16-12-26/h4-5,7-16,32H,2-3,6,17-24H2,1H3,(H,36,37,38). The molecule has 0 saturated carbocycles. The smallest absolute Gasteiger partial charge is 0.145 e. The van der Waals surface area contributed by atoms with Crippen LogP contribution < -0.4 is 5.32 Å². The number of hydrogen-bond acceptors (Lipinski definition) is 6. The highest BCUT2D eigenvalue weighted by Gasteiger charge is 2.27. The monoisotopic (exact) mass is 591 g/mol. The number of ether oxygens (including phenoxy) is 1. The third-order valence-electron chi connectivity index (χ3n) is 7.56. The van der Waals surface area contributed by atoms with Gasteiger partial charge < -0.3 is 10.1 Å². The number of anilines is 1. The largest absolute Gasteiger partial charge is 0.381 e. The van der Waals surface area contributed by atoms with Gasteiger partial charge in [0.05, 0.1) is 18.1 Å². The van der Waals surface area contributed by atoms with Gasteiger partial charge in [0, 0.05) is 61.4 Å². The lowest BCUT2D eigenvalue weighted by molar-refractivity contribution is 0.103. The van der Waals surface area contributed by atoms with E-state index in [-0.39, 0.29) is 6.04 Å². The number of nitrogens with zero attached hydrogens (tertiary/aromatic N) is 4. The van der Waals surface area contributed by atoms with Crippen molar-refractivity contribution in [1.82, 2.24) is 19.8 Å². The minimum Gasteiger partial charge on any atom is -0.381 e. The SMILES string of the molecule is CCCCOCCCNc1nc(CN2CCN(C(c3ccc(Cl)cc3)c3ccc(Cl)cc3)CC2)nc2ccccc12. The summed E-state index contributed by atoms with van der Waals surface area (Å²) in [6, 6.07) is 24.8.